The van der Waals surface area contributed by atoms with Crippen LogP contribution in [-0.4, -0.2) is 23.2 Å². The lowest BCUT2D eigenvalue weighted by molar-refractivity contribution is 0.117. The average Bonchev–Trinajstić information content (AvgIpc) is 1.97. The van der Waals surface area contributed by atoms with E-state index >= 15 is 0 Å². The van der Waals surface area contributed by atoms with Crippen LogP contribution >= 0.6 is 11.8 Å². The first-order valence-corrected chi connectivity index (χ1v) is 5.78. The van der Waals surface area contributed by atoms with E-state index in [0.717, 1.165) is 6.42 Å². The average molecular weight is 176 g/mol. The molecule has 0 heterocycles. The maximum absolute atomic E-state index is 9.30. The van der Waals surface area contributed by atoms with Gasteiger partial charge in [0, 0.05) is 0 Å². The molecule has 68 valence electrons. The standard InChI is InChI=1S/C9H20OS/c1-4-9(8(2)10)6-5-7-11-3/h8-10H,4-7H2,1-3H3. The molecule has 0 spiro atoms. The van der Waals surface area contributed by atoms with E-state index in [2.05, 4.69) is 13.2 Å². The predicted molar refractivity (Wildman–Crippen MR) is 53.1 cm³/mol. The van der Waals surface area contributed by atoms with Gasteiger partial charge >= 0.3 is 0 Å². The molecule has 2 unspecified atom stereocenters. The van der Waals surface area contributed by atoms with Gasteiger partial charge in [-0.15, -0.1) is 0 Å². The van der Waals surface area contributed by atoms with Gasteiger partial charge < -0.3 is 5.11 Å². The third kappa shape index (κ3) is 5.57. The highest BCUT2D eigenvalue weighted by Crippen LogP contribution is 2.16. The predicted octanol–water partition coefficient (Wildman–Crippen LogP) is 2.54. The van der Waals surface area contributed by atoms with Crippen LogP contribution in [0.1, 0.15) is 33.1 Å². The number of rotatable bonds is 6. The van der Waals surface area contributed by atoms with Crippen molar-refractivity contribution < 1.29 is 5.11 Å². The van der Waals surface area contributed by atoms with Crippen molar-refractivity contribution in [2.45, 2.75) is 39.2 Å². The Kier molecular flexibility index (Phi) is 7.18. The van der Waals surface area contributed by atoms with E-state index in [1.807, 2.05) is 18.7 Å². The third-order valence-electron chi connectivity index (χ3n) is 2.13. The molecule has 0 aliphatic heterocycles. The number of aliphatic hydroxyl groups is 1. The molecule has 0 saturated carbocycles. The van der Waals surface area contributed by atoms with Gasteiger partial charge in [0.15, 0.2) is 0 Å². The van der Waals surface area contributed by atoms with Gasteiger partial charge in [-0.1, -0.05) is 13.3 Å². The Labute approximate surface area is 74.6 Å². The highest BCUT2D eigenvalue weighted by Gasteiger charge is 2.11. The molecule has 0 aromatic carbocycles. The van der Waals surface area contributed by atoms with Crippen LogP contribution < -0.4 is 0 Å². The van der Waals surface area contributed by atoms with Gasteiger partial charge in [-0.05, 0) is 37.7 Å². The second kappa shape index (κ2) is 6.99. The fourth-order valence-corrected chi connectivity index (χ4v) is 1.73. The molecule has 0 rings (SSSR count). The van der Waals surface area contributed by atoms with Crippen molar-refractivity contribution in [1.82, 2.24) is 0 Å². The van der Waals surface area contributed by atoms with Crippen LogP contribution in [0.5, 0.6) is 0 Å². The summed E-state index contributed by atoms with van der Waals surface area (Å²) in [6.45, 7) is 4.05. The quantitative estimate of drug-likeness (QED) is 0.628. The van der Waals surface area contributed by atoms with Crippen LogP contribution in [0, 0.1) is 5.92 Å². The molecule has 0 aromatic rings. The summed E-state index contributed by atoms with van der Waals surface area (Å²) in [6.07, 6.45) is 5.52. The summed E-state index contributed by atoms with van der Waals surface area (Å²) >= 11 is 1.88. The molecule has 0 aliphatic carbocycles. The summed E-state index contributed by atoms with van der Waals surface area (Å²) in [5.74, 6) is 1.74. The Morgan fingerprint density at radius 3 is 2.45 bits per heavy atom. The molecule has 2 heteroatoms. The van der Waals surface area contributed by atoms with Gasteiger partial charge in [0.05, 0.1) is 6.10 Å². The van der Waals surface area contributed by atoms with Gasteiger partial charge in [-0.2, -0.15) is 11.8 Å². The van der Waals surface area contributed by atoms with Crippen molar-refractivity contribution >= 4 is 11.8 Å². The van der Waals surface area contributed by atoms with Crippen molar-refractivity contribution in [2.24, 2.45) is 5.92 Å². The maximum Gasteiger partial charge on any atom is 0.0540 e. The van der Waals surface area contributed by atoms with E-state index in [-0.39, 0.29) is 6.10 Å². The molecule has 1 N–H and O–H groups in total. The van der Waals surface area contributed by atoms with Gasteiger partial charge in [-0.3, -0.25) is 0 Å². The van der Waals surface area contributed by atoms with E-state index in [9.17, 15) is 5.11 Å². The first kappa shape index (κ1) is 11.3. The maximum atomic E-state index is 9.30. The van der Waals surface area contributed by atoms with Gasteiger partial charge in [-0.25, -0.2) is 0 Å². The zero-order chi connectivity index (χ0) is 8.69. The van der Waals surface area contributed by atoms with Gasteiger partial charge in [0.25, 0.3) is 0 Å². The van der Waals surface area contributed by atoms with Crippen LogP contribution in [0.2, 0.25) is 0 Å². The fraction of sp³-hybridized carbons (Fsp3) is 1.00. The Hall–Kier alpha value is 0.310. The fourth-order valence-electron chi connectivity index (χ4n) is 1.28. The van der Waals surface area contributed by atoms with Crippen LogP contribution in [0.25, 0.3) is 0 Å². The number of aliphatic hydroxyl groups excluding tert-OH is 1. The lowest BCUT2D eigenvalue weighted by atomic mass is 9.96. The Morgan fingerprint density at radius 1 is 1.45 bits per heavy atom. The third-order valence-corrected chi connectivity index (χ3v) is 2.83. The molecule has 1 nitrogen and oxygen atoms in total. The minimum Gasteiger partial charge on any atom is -0.393 e. The van der Waals surface area contributed by atoms with Gasteiger partial charge in [0.2, 0.25) is 0 Å². The zero-order valence-corrected chi connectivity index (χ0v) is 8.66. The SMILES string of the molecule is CCC(CCCSC)C(C)O. The van der Waals surface area contributed by atoms with E-state index in [1.165, 1.54) is 18.6 Å². The second-order valence-corrected chi connectivity index (χ2v) is 4.03. The smallest absolute Gasteiger partial charge is 0.0540 e. The highest BCUT2D eigenvalue weighted by atomic mass is 32.2. The largest absolute Gasteiger partial charge is 0.393 e. The minimum atomic E-state index is -0.123. The molecule has 0 saturated heterocycles. The summed E-state index contributed by atoms with van der Waals surface area (Å²) in [5, 5.41) is 9.30. The van der Waals surface area contributed by atoms with Crippen molar-refractivity contribution in [2.75, 3.05) is 12.0 Å². The Morgan fingerprint density at radius 2 is 2.09 bits per heavy atom. The van der Waals surface area contributed by atoms with Crippen molar-refractivity contribution in [3.63, 3.8) is 0 Å². The van der Waals surface area contributed by atoms with Crippen LogP contribution in [0.3, 0.4) is 0 Å². The normalized spacial score (nSPS) is 16.4. The first-order chi connectivity index (χ1) is 5.22. The summed E-state index contributed by atoms with van der Waals surface area (Å²) in [7, 11) is 0. The first-order valence-electron chi connectivity index (χ1n) is 4.39. The van der Waals surface area contributed by atoms with E-state index in [0.29, 0.717) is 5.92 Å². The molecule has 0 bridgehead atoms. The van der Waals surface area contributed by atoms with E-state index < -0.39 is 0 Å². The molecule has 0 fully saturated rings. The van der Waals surface area contributed by atoms with Crippen LogP contribution in [0.4, 0.5) is 0 Å². The molecular formula is C9H20OS. The summed E-state index contributed by atoms with van der Waals surface area (Å²) in [6, 6.07) is 0. The molecule has 11 heavy (non-hydrogen) atoms. The summed E-state index contributed by atoms with van der Waals surface area (Å²) < 4.78 is 0. The highest BCUT2D eigenvalue weighted by molar-refractivity contribution is 7.98. The molecular weight excluding hydrogens is 156 g/mol. The summed E-state index contributed by atoms with van der Waals surface area (Å²) in [5.41, 5.74) is 0. The van der Waals surface area contributed by atoms with Crippen molar-refractivity contribution in [1.29, 1.82) is 0 Å². The zero-order valence-electron chi connectivity index (χ0n) is 7.84. The van der Waals surface area contributed by atoms with Crippen molar-refractivity contribution in [3.05, 3.63) is 0 Å². The number of hydrogen-bond acceptors (Lipinski definition) is 2. The van der Waals surface area contributed by atoms with Crippen LogP contribution in [0.15, 0.2) is 0 Å². The topological polar surface area (TPSA) is 20.2 Å². The minimum absolute atomic E-state index is 0.123. The molecule has 2 atom stereocenters. The van der Waals surface area contributed by atoms with Crippen molar-refractivity contribution in [3.8, 4) is 0 Å². The second-order valence-electron chi connectivity index (χ2n) is 3.04. The number of thioether (sulfide) groups is 1. The Balaban J connectivity index is 3.36. The summed E-state index contributed by atoms with van der Waals surface area (Å²) in [4.78, 5) is 0. The number of hydrogen-bond donors (Lipinski definition) is 1. The molecule has 0 radical (unpaired) electrons. The van der Waals surface area contributed by atoms with Gasteiger partial charge in [0.1, 0.15) is 0 Å². The molecule has 0 aromatic heterocycles. The molecule has 0 amide bonds. The monoisotopic (exact) mass is 176 g/mol. The Bertz CT molecular complexity index is 83.6. The van der Waals surface area contributed by atoms with E-state index in [1.54, 1.807) is 0 Å². The van der Waals surface area contributed by atoms with E-state index in [4.69, 9.17) is 0 Å². The molecule has 0 aliphatic rings. The lowest BCUT2D eigenvalue weighted by Crippen LogP contribution is -2.15. The lowest BCUT2D eigenvalue weighted by Gasteiger charge is -2.17. The van der Waals surface area contributed by atoms with Crippen LogP contribution in [-0.2, 0) is 0 Å².